The van der Waals surface area contributed by atoms with E-state index in [1.165, 1.54) is 6.20 Å². The van der Waals surface area contributed by atoms with Crippen LogP contribution in [-0.2, 0) is 16.1 Å². The van der Waals surface area contributed by atoms with Crippen LogP contribution >= 0.6 is 0 Å². The van der Waals surface area contributed by atoms with Crippen LogP contribution in [0.15, 0.2) is 29.4 Å². The molecule has 3 aliphatic rings. The number of benzene rings is 1. The van der Waals surface area contributed by atoms with Gasteiger partial charge in [-0.25, -0.2) is 9.37 Å². The van der Waals surface area contributed by atoms with Crippen LogP contribution in [0.5, 0.6) is 0 Å². The molecule has 156 valence electrons. The number of piperidine rings is 1. The van der Waals surface area contributed by atoms with E-state index in [9.17, 15) is 9.18 Å². The molecule has 0 spiro atoms. The van der Waals surface area contributed by atoms with E-state index in [-0.39, 0.29) is 29.8 Å². The highest BCUT2D eigenvalue weighted by atomic mass is 19.1. The maximum Gasteiger partial charge on any atom is 0.323 e. The molecular weight excluding hydrogens is 387 g/mol. The number of nitrogens with zero attached hydrogens (tertiary/aromatic N) is 4. The minimum absolute atomic E-state index is 0.115. The Kier molecular flexibility index (Phi) is 4.82. The zero-order valence-corrected chi connectivity index (χ0v) is 16.6. The van der Waals surface area contributed by atoms with Gasteiger partial charge in [-0.3, -0.25) is 15.1 Å². The Balaban J connectivity index is 1.34. The summed E-state index contributed by atoms with van der Waals surface area (Å²) in [4.78, 5) is 27.1. The van der Waals surface area contributed by atoms with Gasteiger partial charge in [0, 0.05) is 37.0 Å². The molecule has 2 aromatic rings. The molecule has 2 saturated heterocycles. The molecule has 2 bridgehead atoms. The standard InChI is InChI=1S/C21H23FN6O2/c1-2-30-20(29)18-14-6-16(25-18)11-28(10-14)21-24-9-17(22)19(27-21)26-15-4-3-12-7-23-8-13(12)5-15/h3-5,8-9,14,16,18,25H,2,6-7,10-11H2,1H3,(H,24,26,27). The van der Waals surface area contributed by atoms with Crippen LogP contribution in [0, 0.1) is 11.7 Å². The second kappa shape index (κ2) is 7.64. The molecule has 5 rings (SSSR count). The number of esters is 1. The highest BCUT2D eigenvalue weighted by Gasteiger charge is 2.44. The molecule has 0 amide bonds. The second-order valence-corrected chi connectivity index (χ2v) is 7.87. The van der Waals surface area contributed by atoms with Crippen LogP contribution in [0.4, 0.5) is 21.8 Å². The highest BCUT2D eigenvalue weighted by Crippen LogP contribution is 2.31. The number of carbonyl (C=O) groups is 1. The van der Waals surface area contributed by atoms with E-state index in [4.69, 9.17) is 4.74 Å². The molecule has 8 nitrogen and oxygen atoms in total. The Morgan fingerprint density at radius 3 is 3.17 bits per heavy atom. The van der Waals surface area contributed by atoms with Crippen molar-refractivity contribution in [3.8, 4) is 0 Å². The summed E-state index contributed by atoms with van der Waals surface area (Å²) in [5.41, 5.74) is 2.92. The Labute approximate surface area is 173 Å². The Bertz CT molecular complexity index is 1010. The van der Waals surface area contributed by atoms with Gasteiger partial charge in [0.15, 0.2) is 11.6 Å². The number of carbonyl (C=O) groups excluding carboxylic acids is 1. The van der Waals surface area contributed by atoms with Gasteiger partial charge in [-0.1, -0.05) is 6.07 Å². The summed E-state index contributed by atoms with van der Waals surface area (Å²) < 4.78 is 19.6. The number of aliphatic imine (C=N–C) groups is 1. The van der Waals surface area contributed by atoms with Crippen LogP contribution < -0.4 is 15.5 Å². The lowest BCUT2D eigenvalue weighted by Gasteiger charge is -2.31. The molecular formula is C21H23FN6O2. The fraction of sp³-hybridized carbons (Fsp3) is 0.429. The summed E-state index contributed by atoms with van der Waals surface area (Å²) >= 11 is 0. The third kappa shape index (κ3) is 3.49. The predicted octanol–water partition coefficient (Wildman–Crippen LogP) is 2.02. The van der Waals surface area contributed by atoms with Gasteiger partial charge in [-0.15, -0.1) is 0 Å². The summed E-state index contributed by atoms with van der Waals surface area (Å²) in [6.45, 7) is 4.13. The van der Waals surface area contributed by atoms with Gasteiger partial charge in [0.25, 0.3) is 0 Å². The Morgan fingerprint density at radius 2 is 2.30 bits per heavy atom. The first-order valence-electron chi connectivity index (χ1n) is 10.2. The number of anilines is 3. The average molecular weight is 410 g/mol. The third-order valence-corrected chi connectivity index (χ3v) is 5.82. The molecule has 30 heavy (non-hydrogen) atoms. The second-order valence-electron chi connectivity index (χ2n) is 7.87. The van der Waals surface area contributed by atoms with Crippen LogP contribution in [0.25, 0.3) is 0 Å². The summed E-state index contributed by atoms with van der Waals surface area (Å²) in [5.74, 6) is -0.0426. The first-order valence-corrected chi connectivity index (χ1v) is 10.2. The molecule has 3 aliphatic heterocycles. The van der Waals surface area contributed by atoms with Gasteiger partial charge < -0.3 is 15.0 Å². The number of ether oxygens (including phenoxy) is 1. The minimum Gasteiger partial charge on any atom is -0.465 e. The monoisotopic (exact) mass is 410 g/mol. The molecule has 0 saturated carbocycles. The van der Waals surface area contributed by atoms with Gasteiger partial charge in [-0.05, 0) is 36.6 Å². The predicted molar refractivity (Wildman–Crippen MR) is 111 cm³/mol. The number of halogens is 1. The first-order chi connectivity index (χ1) is 14.6. The largest absolute Gasteiger partial charge is 0.465 e. The first kappa shape index (κ1) is 18.9. The van der Waals surface area contributed by atoms with Gasteiger partial charge in [-0.2, -0.15) is 4.98 Å². The van der Waals surface area contributed by atoms with Crippen LogP contribution in [0.2, 0.25) is 0 Å². The smallest absolute Gasteiger partial charge is 0.323 e. The number of aromatic nitrogens is 2. The Morgan fingerprint density at radius 1 is 1.40 bits per heavy atom. The topological polar surface area (TPSA) is 91.7 Å². The molecule has 3 unspecified atom stereocenters. The normalized spacial score (nSPS) is 24.1. The zero-order valence-electron chi connectivity index (χ0n) is 16.6. The van der Waals surface area contributed by atoms with Crippen LogP contribution in [0.3, 0.4) is 0 Å². The van der Waals surface area contributed by atoms with Crippen molar-refractivity contribution >= 4 is 29.6 Å². The minimum atomic E-state index is -0.518. The third-order valence-electron chi connectivity index (χ3n) is 5.82. The molecule has 0 radical (unpaired) electrons. The quantitative estimate of drug-likeness (QED) is 0.729. The molecule has 0 aliphatic carbocycles. The zero-order chi connectivity index (χ0) is 20.7. The molecule has 3 atom stereocenters. The van der Waals surface area contributed by atoms with Crippen molar-refractivity contribution in [3.63, 3.8) is 0 Å². The lowest BCUT2D eigenvalue weighted by Crippen LogP contribution is -2.42. The molecule has 9 heteroatoms. The van der Waals surface area contributed by atoms with E-state index >= 15 is 0 Å². The number of nitrogens with one attached hydrogen (secondary N) is 2. The van der Waals surface area contributed by atoms with E-state index in [0.717, 1.165) is 23.2 Å². The highest BCUT2D eigenvalue weighted by molar-refractivity contribution is 5.86. The number of rotatable bonds is 5. The van der Waals surface area contributed by atoms with Gasteiger partial charge in [0.05, 0.1) is 19.3 Å². The summed E-state index contributed by atoms with van der Waals surface area (Å²) in [6.07, 6.45) is 3.91. The van der Waals surface area contributed by atoms with Crippen molar-refractivity contribution < 1.29 is 13.9 Å². The van der Waals surface area contributed by atoms with E-state index < -0.39 is 5.82 Å². The molecule has 1 aromatic heterocycles. The average Bonchev–Trinajstić information content (AvgIpc) is 3.32. The number of fused-ring (bicyclic) bond motifs is 3. The van der Waals surface area contributed by atoms with Crippen LogP contribution in [0.1, 0.15) is 24.5 Å². The fourth-order valence-corrected chi connectivity index (χ4v) is 4.46. The van der Waals surface area contributed by atoms with E-state index in [1.54, 1.807) is 6.92 Å². The Hall–Kier alpha value is -3.07. The van der Waals surface area contributed by atoms with Crippen molar-refractivity contribution in [2.75, 3.05) is 29.9 Å². The van der Waals surface area contributed by atoms with E-state index in [2.05, 4.69) is 25.6 Å². The van der Waals surface area contributed by atoms with E-state index in [1.807, 2.05) is 29.3 Å². The van der Waals surface area contributed by atoms with Crippen molar-refractivity contribution in [2.24, 2.45) is 10.9 Å². The molecule has 2 fully saturated rings. The number of hydrogen-bond donors (Lipinski definition) is 2. The van der Waals surface area contributed by atoms with Crippen LogP contribution in [-0.4, -0.2) is 53.9 Å². The van der Waals surface area contributed by atoms with Gasteiger partial charge >= 0.3 is 5.97 Å². The number of hydrogen-bond acceptors (Lipinski definition) is 8. The SMILES string of the molecule is CCOC(=O)C1NC2CC1CN(c1ncc(F)c(Nc3ccc4c(c3)C=NC4)n1)C2. The van der Waals surface area contributed by atoms with Crippen molar-refractivity contribution in [1.29, 1.82) is 0 Å². The lowest BCUT2D eigenvalue weighted by molar-refractivity contribution is -0.146. The molecule has 4 heterocycles. The van der Waals surface area contributed by atoms with Gasteiger partial charge in [0.2, 0.25) is 5.95 Å². The summed E-state index contributed by atoms with van der Waals surface area (Å²) in [5, 5.41) is 6.41. The summed E-state index contributed by atoms with van der Waals surface area (Å²) in [7, 11) is 0. The van der Waals surface area contributed by atoms with Crippen molar-refractivity contribution in [2.45, 2.75) is 32.0 Å². The summed E-state index contributed by atoms with van der Waals surface area (Å²) in [6, 6.07) is 5.64. The molecule has 1 aromatic carbocycles. The fourth-order valence-electron chi connectivity index (χ4n) is 4.46. The van der Waals surface area contributed by atoms with E-state index in [0.29, 0.717) is 32.2 Å². The maximum absolute atomic E-state index is 14.4. The van der Waals surface area contributed by atoms with Gasteiger partial charge in [0.1, 0.15) is 6.04 Å². The van der Waals surface area contributed by atoms with Crippen molar-refractivity contribution in [3.05, 3.63) is 41.3 Å². The molecule has 2 N–H and O–H groups in total. The lowest BCUT2D eigenvalue weighted by atomic mass is 9.95. The van der Waals surface area contributed by atoms with Crippen molar-refractivity contribution in [1.82, 2.24) is 15.3 Å². The maximum atomic E-state index is 14.4.